The minimum absolute atomic E-state index is 0.0458. The summed E-state index contributed by atoms with van der Waals surface area (Å²) in [5, 5.41) is 0. The molecule has 0 aliphatic rings. The largest absolute Gasteiger partial charge is 0.461 e. The third kappa shape index (κ3) is 28.5. The number of hydrogen-bond donors (Lipinski definition) is 0. The predicted octanol–water partition coefficient (Wildman–Crippen LogP) is 11.0. The zero-order chi connectivity index (χ0) is 87.7. The quantitative estimate of drug-likeness (QED) is 0.0148. The van der Waals surface area contributed by atoms with Crippen LogP contribution in [0.2, 0.25) is 0 Å². The number of hydrogen-bond acceptors (Lipinski definition) is 33. The van der Waals surface area contributed by atoms with E-state index in [2.05, 4.69) is 0 Å². The number of carbonyl (C=O) groups excluding carboxylic acids is 15. The molecule has 1 atom stereocenters. The molecule has 1 unspecified atom stereocenters. The lowest BCUT2D eigenvalue weighted by atomic mass is 9.87. The number of benzene rings is 8. The van der Waals surface area contributed by atoms with Gasteiger partial charge in [0.05, 0.1) is 49.3 Å². The first-order valence-corrected chi connectivity index (χ1v) is 37.0. The van der Waals surface area contributed by atoms with Gasteiger partial charge in [-0.05, 0) is 97.4 Å². The van der Waals surface area contributed by atoms with Crippen LogP contribution in [0, 0.1) is 16.2 Å². The van der Waals surface area contributed by atoms with E-state index >= 15 is 0 Å². The van der Waals surface area contributed by atoms with Crippen LogP contribution in [0.5, 0.6) is 46.0 Å². The maximum Gasteiger partial charge on any atom is 0.341 e. The van der Waals surface area contributed by atoms with E-state index < -0.39 is 198 Å². The standard InChI is InChI=1S/C88H84O33/c1-55(89)114-71-33-17-9-25-63(71)43-105-45-87(51-110-82(100)67-29-13-21-37-75(67)118-59(5)93,46-106-47-88(52-111-83(101)68-30-14-22-38-76(68)119-60(6)94,53-112-84(102)69-31-15-23-39-77(69)120-61(7)95)54-113-85(103)70-32-16-24-40-78(70)121-62(8)96)44-104-42-41-86(48-107-79(97)64-26-10-18-34-72(64)115-56(2)90,49-108-80(98)65-27-11-19-35-73(65)116-57(3)91)50-109-81(99)66-28-12-20-36-74(66)117-58(4)92/h9-40H,41-54H2,1-8H3. The first-order valence-electron chi connectivity index (χ1n) is 37.0. The second-order valence-corrected chi connectivity index (χ2v) is 27.2. The summed E-state index contributed by atoms with van der Waals surface area (Å²) >= 11 is 0. The molecule has 33 heteroatoms. The molecule has 0 amide bonds. The van der Waals surface area contributed by atoms with Crippen molar-refractivity contribution in [2.45, 2.75) is 68.4 Å². The maximum atomic E-state index is 14.8. The molecule has 8 rings (SSSR count). The number of esters is 15. The van der Waals surface area contributed by atoms with Crippen molar-refractivity contribution >= 4 is 89.5 Å². The van der Waals surface area contributed by atoms with Crippen LogP contribution in [0.15, 0.2) is 194 Å². The van der Waals surface area contributed by atoms with Crippen LogP contribution >= 0.6 is 0 Å². The SMILES string of the molecule is CC(=O)Oc1ccccc1COCC(COCCC(COC(=O)c1ccccc1OC(C)=O)(COC(=O)c1ccccc1OC(C)=O)COC(=O)c1ccccc1OC(C)=O)(COCC(COC(=O)c1ccccc1OC(C)=O)(COC(=O)c1ccccc1OC(C)=O)COC(=O)c1ccccc1OC(C)=O)COC(=O)c1ccccc1OC(C)=O. The zero-order valence-electron chi connectivity index (χ0n) is 66.8. The highest BCUT2D eigenvalue weighted by molar-refractivity contribution is 5.98. The van der Waals surface area contributed by atoms with E-state index in [0.29, 0.717) is 0 Å². The van der Waals surface area contributed by atoms with Gasteiger partial charge in [-0.25, -0.2) is 33.6 Å². The van der Waals surface area contributed by atoms with Gasteiger partial charge in [0.15, 0.2) is 0 Å². The number of carbonyl (C=O) groups is 15. The van der Waals surface area contributed by atoms with Gasteiger partial charge in [0.25, 0.3) is 0 Å². The molecular formula is C88H84O33. The molecule has 0 bridgehead atoms. The molecule has 0 fully saturated rings. The fourth-order valence-electron chi connectivity index (χ4n) is 11.4. The smallest absolute Gasteiger partial charge is 0.341 e. The van der Waals surface area contributed by atoms with Gasteiger partial charge in [-0.15, -0.1) is 0 Å². The highest BCUT2D eigenvalue weighted by Gasteiger charge is 2.43. The van der Waals surface area contributed by atoms with Gasteiger partial charge >= 0.3 is 89.5 Å². The van der Waals surface area contributed by atoms with Gasteiger partial charge in [0.2, 0.25) is 0 Å². The Bertz CT molecular complexity index is 4750. The minimum Gasteiger partial charge on any atom is -0.461 e. The average Bonchev–Trinajstić information content (AvgIpc) is 0.819. The Morgan fingerprint density at radius 2 is 0.388 bits per heavy atom. The molecule has 0 aliphatic heterocycles. The summed E-state index contributed by atoms with van der Waals surface area (Å²) in [6.07, 6.45) is -0.514. The van der Waals surface area contributed by atoms with Crippen molar-refractivity contribution in [3.05, 3.63) is 239 Å². The van der Waals surface area contributed by atoms with Crippen LogP contribution in [0.3, 0.4) is 0 Å². The molecule has 33 nitrogen and oxygen atoms in total. The lowest BCUT2D eigenvalue weighted by molar-refractivity contribution is -0.133. The first-order chi connectivity index (χ1) is 57.9. The molecule has 0 saturated heterocycles. The molecular weight excluding hydrogens is 1580 g/mol. The van der Waals surface area contributed by atoms with Crippen LogP contribution in [-0.2, 0) is 92.3 Å². The summed E-state index contributed by atoms with van der Waals surface area (Å²) in [6.45, 7) is -1.72. The van der Waals surface area contributed by atoms with Crippen LogP contribution in [0.25, 0.3) is 0 Å². The van der Waals surface area contributed by atoms with Crippen LogP contribution in [0.1, 0.15) is 140 Å². The van der Waals surface area contributed by atoms with Crippen molar-refractivity contribution in [1.82, 2.24) is 0 Å². The predicted molar refractivity (Wildman–Crippen MR) is 417 cm³/mol. The Balaban J connectivity index is 1.29. The molecule has 8 aromatic rings. The van der Waals surface area contributed by atoms with E-state index in [-0.39, 0.29) is 90.5 Å². The van der Waals surface area contributed by atoms with Crippen LogP contribution < -0.4 is 37.9 Å². The normalized spacial score (nSPS) is 11.4. The Labute approximate surface area is 692 Å². The summed E-state index contributed by atoms with van der Waals surface area (Å²) < 4.78 is 105. The summed E-state index contributed by atoms with van der Waals surface area (Å²) in [7, 11) is 0. The lowest BCUT2D eigenvalue weighted by Crippen LogP contribution is -2.47. The zero-order valence-corrected chi connectivity index (χ0v) is 66.8. The van der Waals surface area contributed by atoms with Crippen molar-refractivity contribution in [1.29, 1.82) is 0 Å². The summed E-state index contributed by atoms with van der Waals surface area (Å²) in [5.41, 5.74) is -7.99. The Morgan fingerprint density at radius 1 is 0.207 bits per heavy atom. The molecule has 0 saturated carbocycles. The summed E-state index contributed by atoms with van der Waals surface area (Å²) in [4.78, 5) is 201. The molecule has 0 aliphatic carbocycles. The van der Waals surface area contributed by atoms with E-state index in [1.165, 1.54) is 176 Å². The van der Waals surface area contributed by atoms with Gasteiger partial charge in [-0.3, -0.25) is 38.4 Å². The van der Waals surface area contributed by atoms with Crippen LogP contribution in [-0.4, -0.2) is 169 Å². The fraction of sp³-hybridized carbons (Fsp3) is 0.284. The van der Waals surface area contributed by atoms with Gasteiger partial charge in [0.1, 0.15) is 131 Å². The summed E-state index contributed by atoms with van der Waals surface area (Å²) in [6, 6.07) is 44.4. The molecule has 0 aromatic heterocycles. The average molecular weight is 1670 g/mol. The molecule has 0 N–H and O–H groups in total. The second kappa shape index (κ2) is 44.9. The van der Waals surface area contributed by atoms with E-state index in [4.69, 9.17) is 85.3 Å². The molecule has 634 valence electrons. The molecule has 0 heterocycles. The number of para-hydroxylation sites is 8. The number of rotatable bonds is 42. The van der Waals surface area contributed by atoms with Crippen molar-refractivity contribution in [3.8, 4) is 46.0 Å². The van der Waals surface area contributed by atoms with E-state index in [1.807, 2.05) is 0 Å². The first kappa shape index (κ1) is 92.2. The highest BCUT2D eigenvalue weighted by Crippen LogP contribution is 2.35. The summed E-state index contributed by atoms with van der Waals surface area (Å²) in [5.74, 6) is -16.3. The third-order valence-electron chi connectivity index (χ3n) is 17.0. The van der Waals surface area contributed by atoms with Gasteiger partial charge < -0.3 is 85.3 Å². The van der Waals surface area contributed by atoms with E-state index in [1.54, 1.807) is 18.2 Å². The van der Waals surface area contributed by atoms with Crippen molar-refractivity contribution < 1.29 is 157 Å². The lowest BCUT2D eigenvalue weighted by Gasteiger charge is -2.36. The molecule has 121 heavy (non-hydrogen) atoms. The topological polar surface area (TPSA) is 422 Å². The van der Waals surface area contributed by atoms with Crippen molar-refractivity contribution in [3.63, 3.8) is 0 Å². The third-order valence-corrected chi connectivity index (χ3v) is 17.0. The molecule has 0 spiro atoms. The van der Waals surface area contributed by atoms with Crippen LogP contribution in [0.4, 0.5) is 0 Å². The monoisotopic (exact) mass is 1670 g/mol. The second-order valence-electron chi connectivity index (χ2n) is 27.2. The van der Waals surface area contributed by atoms with E-state index in [9.17, 15) is 71.9 Å². The highest BCUT2D eigenvalue weighted by atomic mass is 16.6. The molecule has 8 aromatic carbocycles. The minimum atomic E-state index is -2.18. The van der Waals surface area contributed by atoms with Crippen molar-refractivity contribution in [2.24, 2.45) is 16.2 Å². The van der Waals surface area contributed by atoms with Gasteiger partial charge in [-0.2, -0.15) is 0 Å². The Morgan fingerprint density at radius 3 is 0.628 bits per heavy atom. The number of ether oxygens (including phenoxy) is 18. The fourth-order valence-corrected chi connectivity index (χ4v) is 11.4. The Hall–Kier alpha value is -14.3. The van der Waals surface area contributed by atoms with Gasteiger partial charge in [0, 0.05) is 67.6 Å². The molecule has 0 radical (unpaired) electrons. The Kier molecular flexibility index (Phi) is 34.2. The van der Waals surface area contributed by atoms with E-state index in [0.717, 1.165) is 55.4 Å². The van der Waals surface area contributed by atoms with Gasteiger partial charge in [-0.1, -0.05) is 103 Å². The van der Waals surface area contributed by atoms with Crippen molar-refractivity contribution in [2.75, 3.05) is 79.3 Å². The maximum absolute atomic E-state index is 14.8.